The fourth-order valence-corrected chi connectivity index (χ4v) is 5.59. The Bertz CT molecular complexity index is 1080. The quantitative estimate of drug-likeness (QED) is 0.648. The zero-order chi connectivity index (χ0) is 20.0. The summed E-state index contributed by atoms with van der Waals surface area (Å²) in [5, 5.41) is 4.01. The Morgan fingerprint density at radius 3 is 2.48 bits per heavy atom. The summed E-state index contributed by atoms with van der Waals surface area (Å²) in [6.45, 7) is 4.18. The molecule has 1 fully saturated rings. The van der Waals surface area contributed by atoms with Crippen molar-refractivity contribution < 1.29 is 4.79 Å². The number of aromatic nitrogens is 1. The van der Waals surface area contributed by atoms with Gasteiger partial charge >= 0.3 is 0 Å². The Morgan fingerprint density at radius 1 is 1.07 bits per heavy atom. The standard InChI is InChI=1S/C23H26N4OS/c1-14-8-10-15(11-9-14)25-22(28)20-19(24)18-16-6-2-3-7-17(16)21(26-23(18)29-20)27-12-4-5-13-27/h8-11H,2-7,12-13,24H2,1H3,(H,25,28). The molecule has 5 rings (SSSR count). The highest BCUT2D eigenvalue weighted by Crippen LogP contribution is 2.42. The van der Waals surface area contributed by atoms with E-state index in [1.807, 2.05) is 31.2 Å². The highest BCUT2D eigenvalue weighted by Gasteiger charge is 2.28. The van der Waals surface area contributed by atoms with E-state index in [0.717, 1.165) is 53.2 Å². The first kappa shape index (κ1) is 18.4. The molecule has 0 saturated carbocycles. The summed E-state index contributed by atoms with van der Waals surface area (Å²) in [6, 6.07) is 7.82. The number of fused-ring (bicyclic) bond motifs is 3. The third-order valence-electron chi connectivity index (χ3n) is 6.09. The maximum absolute atomic E-state index is 13.0. The van der Waals surface area contributed by atoms with E-state index in [1.165, 1.54) is 48.1 Å². The smallest absolute Gasteiger partial charge is 0.267 e. The van der Waals surface area contributed by atoms with Crippen LogP contribution >= 0.6 is 11.3 Å². The Labute approximate surface area is 174 Å². The van der Waals surface area contributed by atoms with Gasteiger partial charge in [0.05, 0.1) is 5.69 Å². The van der Waals surface area contributed by atoms with E-state index in [2.05, 4.69) is 10.2 Å². The largest absolute Gasteiger partial charge is 0.397 e. The van der Waals surface area contributed by atoms with Crippen LogP contribution in [0.1, 0.15) is 52.0 Å². The number of pyridine rings is 1. The molecule has 29 heavy (non-hydrogen) atoms. The lowest BCUT2D eigenvalue weighted by atomic mass is 9.89. The van der Waals surface area contributed by atoms with E-state index in [-0.39, 0.29) is 5.91 Å². The van der Waals surface area contributed by atoms with E-state index in [4.69, 9.17) is 10.7 Å². The van der Waals surface area contributed by atoms with Gasteiger partial charge in [0.1, 0.15) is 15.5 Å². The van der Waals surface area contributed by atoms with Gasteiger partial charge < -0.3 is 16.0 Å². The molecule has 150 valence electrons. The average molecular weight is 407 g/mol. The van der Waals surface area contributed by atoms with Crippen molar-refractivity contribution >= 4 is 44.7 Å². The predicted octanol–water partition coefficient (Wildman–Crippen LogP) is 4.92. The second-order valence-corrected chi connectivity index (χ2v) is 9.14. The maximum atomic E-state index is 13.0. The number of anilines is 3. The van der Waals surface area contributed by atoms with Crippen LogP contribution in [0, 0.1) is 6.92 Å². The number of aryl methyl sites for hydroxylation is 2. The Balaban J connectivity index is 1.58. The first-order valence-electron chi connectivity index (χ1n) is 10.5. The highest BCUT2D eigenvalue weighted by molar-refractivity contribution is 7.21. The SMILES string of the molecule is Cc1ccc(NC(=O)c2sc3nc(N4CCCC4)c4c(c3c2N)CCCC4)cc1. The Hall–Kier alpha value is -2.60. The number of nitrogens with one attached hydrogen (secondary N) is 1. The van der Waals surface area contributed by atoms with Crippen LogP contribution in [0.3, 0.4) is 0 Å². The molecular formula is C23H26N4OS. The molecule has 3 N–H and O–H groups in total. The van der Waals surface area contributed by atoms with Crippen LogP contribution < -0.4 is 16.0 Å². The van der Waals surface area contributed by atoms with Gasteiger partial charge in [0.25, 0.3) is 5.91 Å². The molecule has 5 nitrogen and oxygen atoms in total. The molecule has 0 radical (unpaired) electrons. The van der Waals surface area contributed by atoms with Crippen LogP contribution in [0.2, 0.25) is 0 Å². The first-order chi connectivity index (χ1) is 14.1. The van der Waals surface area contributed by atoms with E-state index in [1.54, 1.807) is 0 Å². The maximum Gasteiger partial charge on any atom is 0.267 e. The molecule has 3 heterocycles. The van der Waals surface area contributed by atoms with Gasteiger partial charge in [-0.25, -0.2) is 4.98 Å². The van der Waals surface area contributed by atoms with Crippen LogP contribution in [0.25, 0.3) is 10.2 Å². The van der Waals surface area contributed by atoms with Crippen LogP contribution in [0.4, 0.5) is 17.2 Å². The number of carbonyl (C=O) groups excluding carboxylic acids is 1. The van der Waals surface area contributed by atoms with Gasteiger partial charge in [-0.05, 0) is 68.7 Å². The summed E-state index contributed by atoms with van der Waals surface area (Å²) >= 11 is 1.43. The topological polar surface area (TPSA) is 71.2 Å². The summed E-state index contributed by atoms with van der Waals surface area (Å²) in [5.74, 6) is 0.984. The molecule has 6 heteroatoms. The number of hydrogen-bond acceptors (Lipinski definition) is 5. The van der Waals surface area contributed by atoms with Gasteiger partial charge in [-0.2, -0.15) is 0 Å². The van der Waals surface area contributed by atoms with Gasteiger partial charge in [0.15, 0.2) is 0 Å². The van der Waals surface area contributed by atoms with Gasteiger partial charge in [0, 0.05) is 24.2 Å². The van der Waals surface area contributed by atoms with Crippen molar-refractivity contribution in [2.45, 2.75) is 45.4 Å². The van der Waals surface area contributed by atoms with E-state index in [9.17, 15) is 4.79 Å². The van der Waals surface area contributed by atoms with Crippen molar-refractivity contribution in [3.8, 4) is 0 Å². The minimum atomic E-state index is -0.151. The molecule has 0 atom stereocenters. The summed E-state index contributed by atoms with van der Waals surface area (Å²) in [5.41, 5.74) is 11.8. The minimum absolute atomic E-state index is 0.151. The molecule has 0 bridgehead atoms. The number of carbonyl (C=O) groups is 1. The van der Waals surface area contributed by atoms with Crippen molar-refractivity contribution in [1.29, 1.82) is 0 Å². The number of nitrogens with zero attached hydrogens (tertiary/aromatic N) is 2. The summed E-state index contributed by atoms with van der Waals surface area (Å²) in [6.07, 6.45) is 6.91. The number of amides is 1. The molecule has 0 spiro atoms. The number of nitrogen functional groups attached to an aromatic ring is 1. The molecule has 1 aliphatic carbocycles. The fourth-order valence-electron chi connectivity index (χ4n) is 4.58. The normalized spacial score (nSPS) is 16.2. The number of thiophene rings is 1. The predicted molar refractivity (Wildman–Crippen MR) is 121 cm³/mol. The second-order valence-electron chi connectivity index (χ2n) is 8.14. The lowest BCUT2D eigenvalue weighted by Gasteiger charge is -2.25. The molecule has 2 aliphatic rings. The van der Waals surface area contributed by atoms with Gasteiger partial charge in [0.2, 0.25) is 0 Å². The monoisotopic (exact) mass is 406 g/mol. The number of rotatable bonds is 3. The van der Waals surface area contributed by atoms with Crippen molar-refractivity contribution in [3.63, 3.8) is 0 Å². The minimum Gasteiger partial charge on any atom is -0.397 e. The molecular weight excluding hydrogens is 380 g/mol. The van der Waals surface area contributed by atoms with Gasteiger partial charge in [-0.1, -0.05) is 17.7 Å². The number of benzene rings is 1. The number of hydrogen-bond donors (Lipinski definition) is 2. The third kappa shape index (κ3) is 3.25. The first-order valence-corrected chi connectivity index (χ1v) is 11.3. The third-order valence-corrected chi connectivity index (χ3v) is 7.19. The zero-order valence-electron chi connectivity index (χ0n) is 16.8. The summed E-state index contributed by atoms with van der Waals surface area (Å²) in [4.78, 5) is 21.9. The van der Waals surface area contributed by atoms with E-state index >= 15 is 0 Å². The van der Waals surface area contributed by atoms with Gasteiger partial charge in [-0.3, -0.25) is 4.79 Å². The summed E-state index contributed by atoms with van der Waals surface area (Å²) in [7, 11) is 0. The Morgan fingerprint density at radius 2 is 1.76 bits per heavy atom. The lowest BCUT2D eigenvalue weighted by Crippen LogP contribution is -2.22. The Kier molecular flexibility index (Phi) is 4.66. The summed E-state index contributed by atoms with van der Waals surface area (Å²) < 4.78 is 0. The zero-order valence-corrected chi connectivity index (χ0v) is 17.6. The van der Waals surface area contributed by atoms with Crippen LogP contribution in [0.15, 0.2) is 24.3 Å². The van der Waals surface area contributed by atoms with Crippen LogP contribution in [0.5, 0.6) is 0 Å². The molecule has 0 unspecified atom stereocenters. The molecule has 3 aromatic rings. The van der Waals surface area contributed by atoms with Crippen LogP contribution in [-0.2, 0) is 12.8 Å². The van der Waals surface area contributed by atoms with E-state index < -0.39 is 0 Å². The molecule has 1 amide bonds. The highest BCUT2D eigenvalue weighted by atomic mass is 32.1. The molecule has 2 aromatic heterocycles. The molecule has 1 saturated heterocycles. The number of nitrogens with two attached hydrogens (primary N) is 1. The fraction of sp³-hybridized carbons (Fsp3) is 0.391. The van der Waals surface area contributed by atoms with E-state index in [0.29, 0.717) is 10.6 Å². The lowest BCUT2D eigenvalue weighted by molar-refractivity contribution is 0.103. The molecule has 1 aliphatic heterocycles. The van der Waals surface area contributed by atoms with Gasteiger partial charge in [-0.15, -0.1) is 11.3 Å². The second kappa shape index (κ2) is 7.34. The van der Waals surface area contributed by atoms with Crippen LogP contribution in [-0.4, -0.2) is 24.0 Å². The van der Waals surface area contributed by atoms with Crippen molar-refractivity contribution in [2.24, 2.45) is 0 Å². The van der Waals surface area contributed by atoms with Crippen molar-refractivity contribution in [1.82, 2.24) is 4.98 Å². The molecule has 1 aromatic carbocycles. The average Bonchev–Trinajstić information content (AvgIpc) is 3.37. The van der Waals surface area contributed by atoms with Crippen molar-refractivity contribution in [3.05, 3.63) is 45.8 Å². The van der Waals surface area contributed by atoms with Crippen molar-refractivity contribution in [2.75, 3.05) is 29.0 Å².